The van der Waals surface area contributed by atoms with Crippen molar-refractivity contribution < 1.29 is 9.21 Å². The van der Waals surface area contributed by atoms with Crippen molar-refractivity contribution in [3.8, 4) is 0 Å². The van der Waals surface area contributed by atoms with Gasteiger partial charge in [0.2, 0.25) is 0 Å². The summed E-state index contributed by atoms with van der Waals surface area (Å²) in [5, 5.41) is 3.02. The zero-order valence-corrected chi connectivity index (χ0v) is 10.6. The molecule has 1 amide bonds. The molecule has 1 aliphatic rings. The lowest BCUT2D eigenvalue weighted by atomic mass is 9.84. The molecule has 0 atom stereocenters. The highest BCUT2D eigenvalue weighted by Gasteiger charge is 2.22. The van der Waals surface area contributed by atoms with Gasteiger partial charge in [0.25, 0.3) is 5.91 Å². The van der Waals surface area contributed by atoms with E-state index in [1.54, 1.807) is 12.1 Å². The number of hydrogen-bond acceptors (Lipinski definition) is 2. The van der Waals surface area contributed by atoms with Crippen LogP contribution in [0.4, 0.5) is 0 Å². The maximum atomic E-state index is 11.8. The van der Waals surface area contributed by atoms with E-state index in [9.17, 15) is 4.79 Å². The van der Waals surface area contributed by atoms with Crippen LogP contribution in [0, 0.1) is 5.92 Å². The summed E-state index contributed by atoms with van der Waals surface area (Å²) in [6, 6.07) is 3.71. The lowest BCUT2D eigenvalue weighted by Crippen LogP contribution is -2.37. The minimum atomic E-state index is -0.101. The van der Waals surface area contributed by atoms with E-state index in [1.165, 1.54) is 6.26 Å². The molecular formula is C13H18ClNO2. The van der Waals surface area contributed by atoms with Crippen LogP contribution in [0.3, 0.4) is 0 Å². The molecule has 0 bridgehead atoms. The van der Waals surface area contributed by atoms with E-state index in [4.69, 9.17) is 16.0 Å². The van der Waals surface area contributed by atoms with Crippen LogP contribution in [-0.4, -0.2) is 17.8 Å². The van der Waals surface area contributed by atoms with Crippen LogP contribution in [0.5, 0.6) is 0 Å². The Labute approximate surface area is 107 Å². The number of carbonyl (C=O) groups excluding carboxylic acids is 1. The Morgan fingerprint density at radius 1 is 1.41 bits per heavy atom. The summed E-state index contributed by atoms with van der Waals surface area (Å²) in [6.07, 6.45) is 7.04. The van der Waals surface area contributed by atoms with Gasteiger partial charge in [0, 0.05) is 11.9 Å². The first kappa shape index (κ1) is 12.5. The summed E-state index contributed by atoms with van der Waals surface area (Å²) >= 11 is 5.74. The lowest BCUT2D eigenvalue weighted by molar-refractivity contribution is 0.0893. The van der Waals surface area contributed by atoms with Gasteiger partial charge in [-0.15, -0.1) is 11.6 Å². The second kappa shape index (κ2) is 6.10. The Kier molecular flexibility index (Phi) is 4.49. The minimum Gasteiger partial charge on any atom is -0.459 e. The fourth-order valence-electron chi connectivity index (χ4n) is 2.41. The molecule has 1 aromatic rings. The van der Waals surface area contributed by atoms with Gasteiger partial charge in [-0.25, -0.2) is 0 Å². The molecule has 1 aliphatic carbocycles. The van der Waals surface area contributed by atoms with Gasteiger partial charge in [-0.1, -0.05) is 0 Å². The van der Waals surface area contributed by atoms with Crippen LogP contribution in [0.2, 0.25) is 0 Å². The largest absolute Gasteiger partial charge is 0.459 e. The van der Waals surface area contributed by atoms with Gasteiger partial charge in [0.15, 0.2) is 5.76 Å². The first-order valence-electron chi connectivity index (χ1n) is 6.20. The number of alkyl halides is 1. The Morgan fingerprint density at radius 2 is 2.18 bits per heavy atom. The highest BCUT2D eigenvalue weighted by atomic mass is 35.5. The van der Waals surface area contributed by atoms with Gasteiger partial charge < -0.3 is 9.73 Å². The zero-order valence-electron chi connectivity index (χ0n) is 9.82. The molecular weight excluding hydrogens is 238 g/mol. The number of halogens is 1. The molecule has 3 nitrogen and oxygen atoms in total. The summed E-state index contributed by atoms with van der Waals surface area (Å²) in [4.78, 5) is 11.8. The molecule has 94 valence electrons. The van der Waals surface area contributed by atoms with Crippen molar-refractivity contribution in [3.05, 3.63) is 24.2 Å². The maximum Gasteiger partial charge on any atom is 0.287 e. The summed E-state index contributed by atoms with van der Waals surface area (Å²) < 4.78 is 5.07. The van der Waals surface area contributed by atoms with Crippen molar-refractivity contribution in [2.24, 2.45) is 5.92 Å². The highest BCUT2D eigenvalue weighted by molar-refractivity contribution is 6.17. The van der Waals surface area contributed by atoms with Crippen LogP contribution in [0.1, 0.15) is 42.7 Å². The topological polar surface area (TPSA) is 42.2 Å². The third kappa shape index (κ3) is 3.50. The molecule has 0 unspecified atom stereocenters. The Hall–Kier alpha value is -0.960. The molecule has 2 rings (SSSR count). The monoisotopic (exact) mass is 255 g/mol. The minimum absolute atomic E-state index is 0.101. The summed E-state index contributed by atoms with van der Waals surface area (Å²) in [5.41, 5.74) is 0. The Morgan fingerprint density at radius 3 is 2.76 bits per heavy atom. The van der Waals surface area contributed by atoms with E-state index < -0.39 is 0 Å². The van der Waals surface area contributed by atoms with Crippen molar-refractivity contribution in [2.45, 2.75) is 38.1 Å². The molecule has 0 spiro atoms. The molecule has 0 aliphatic heterocycles. The Bertz CT molecular complexity index is 342. The number of nitrogens with one attached hydrogen (secondary N) is 1. The number of carbonyl (C=O) groups is 1. The quantitative estimate of drug-likeness (QED) is 0.840. The van der Waals surface area contributed by atoms with Crippen molar-refractivity contribution in [2.75, 3.05) is 5.88 Å². The SMILES string of the molecule is O=C(NC1CCC(CCCl)CC1)c1ccco1. The predicted octanol–water partition coefficient (Wildman–Crippen LogP) is 3.20. The van der Waals surface area contributed by atoms with Gasteiger partial charge >= 0.3 is 0 Å². The standard InChI is InChI=1S/C13H18ClNO2/c14-8-7-10-3-5-11(6-4-10)15-13(16)12-2-1-9-17-12/h1-2,9-11H,3-8H2,(H,15,16). The van der Waals surface area contributed by atoms with Crippen molar-refractivity contribution in [1.29, 1.82) is 0 Å². The average molecular weight is 256 g/mol. The highest BCUT2D eigenvalue weighted by Crippen LogP contribution is 2.27. The van der Waals surface area contributed by atoms with Crippen LogP contribution in [-0.2, 0) is 0 Å². The van der Waals surface area contributed by atoms with E-state index in [1.807, 2.05) is 0 Å². The third-order valence-electron chi connectivity index (χ3n) is 3.44. The van der Waals surface area contributed by atoms with E-state index in [0.717, 1.165) is 43.9 Å². The molecule has 1 saturated carbocycles. The Balaban J connectivity index is 1.76. The van der Waals surface area contributed by atoms with E-state index >= 15 is 0 Å². The smallest absolute Gasteiger partial charge is 0.287 e. The number of amides is 1. The van der Waals surface area contributed by atoms with Gasteiger partial charge in [-0.05, 0) is 50.2 Å². The van der Waals surface area contributed by atoms with Crippen LogP contribution < -0.4 is 5.32 Å². The number of furan rings is 1. The fourth-order valence-corrected chi connectivity index (χ4v) is 2.72. The average Bonchev–Trinajstić information content (AvgIpc) is 2.86. The van der Waals surface area contributed by atoms with Crippen LogP contribution in [0.15, 0.2) is 22.8 Å². The molecule has 1 heterocycles. The van der Waals surface area contributed by atoms with E-state index in [-0.39, 0.29) is 5.91 Å². The number of hydrogen-bond donors (Lipinski definition) is 1. The molecule has 17 heavy (non-hydrogen) atoms. The molecule has 0 saturated heterocycles. The van der Waals surface area contributed by atoms with Crippen molar-refractivity contribution in [3.63, 3.8) is 0 Å². The maximum absolute atomic E-state index is 11.8. The molecule has 0 aromatic carbocycles. The molecule has 1 fully saturated rings. The third-order valence-corrected chi connectivity index (χ3v) is 3.66. The lowest BCUT2D eigenvalue weighted by Gasteiger charge is -2.28. The van der Waals surface area contributed by atoms with Gasteiger partial charge in [0.05, 0.1) is 6.26 Å². The van der Waals surface area contributed by atoms with E-state index in [2.05, 4.69) is 5.32 Å². The van der Waals surface area contributed by atoms with Gasteiger partial charge in [-0.3, -0.25) is 4.79 Å². The summed E-state index contributed by atoms with van der Waals surface area (Å²) in [5.74, 6) is 1.78. The van der Waals surface area contributed by atoms with Crippen LogP contribution in [0.25, 0.3) is 0 Å². The van der Waals surface area contributed by atoms with E-state index in [0.29, 0.717) is 11.8 Å². The summed E-state index contributed by atoms with van der Waals surface area (Å²) in [7, 11) is 0. The van der Waals surface area contributed by atoms with Crippen molar-refractivity contribution >= 4 is 17.5 Å². The normalized spacial score (nSPS) is 24.5. The molecule has 0 radical (unpaired) electrons. The van der Waals surface area contributed by atoms with Crippen LogP contribution >= 0.6 is 11.6 Å². The predicted molar refractivity (Wildman–Crippen MR) is 67.3 cm³/mol. The van der Waals surface area contributed by atoms with Crippen molar-refractivity contribution in [1.82, 2.24) is 5.32 Å². The first-order chi connectivity index (χ1) is 8.29. The molecule has 1 aromatic heterocycles. The second-order valence-electron chi connectivity index (χ2n) is 4.65. The molecule has 1 N–H and O–H groups in total. The fraction of sp³-hybridized carbons (Fsp3) is 0.615. The van der Waals surface area contributed by atoms with Gasteiger partial charge in [0.1, 0.15) is 0 Å². The zero-order chi connectivity index (χ0) is 12.1. The number of rotatable bonds is 4. The molecule has 4 heteroatoms. The summed E-state index contributed by atoms with van der Waals surface area (Å²) in [6.45, 7) is 0. The van der Waals surface area contributed by atoms with Gasteiger partial charge in [-0.2, -0.15) is 0 Å². The second-order valence-corrected chi connectivity index (χ2v) is 5.02. The first-order valence-corrected chi connectivity index (χ1v) is 6.73.